The third-order valence-corrected chi connectivity index (χ3v) is 4.63. The Balaban J connectivity index is 2.13. The summed E-state index contributed by atoms with van der Waals surface area (Å²) >= 11 is 0. The highest BCUT2D eigenvalue weighted by Crippen LogP contribution is 2.45. The fraction of sp³-hybridized carbons (Fsp3) is 0.300. The summed E-state index contributed by atoms with van der Waals surface area (Å²) in [4.78, 5) is 0. The van der Waals surface area contributed by atoms with Crippen molar-refractivity contribution in [1.82, 2.24) is 0 Å². The first kappa shape index (κ1) is 13.2. The van der Waals surface area contributed by atoms with Crippen molar-refractivity contribution < 1.29 is 0 Å². The SMILES string of the molecule is CC1=C(C)C(C)(C)[C]=C1c1ccccc1C1=CC=CC1. The second kappa shape index (κ2) is 4.63. The van der Waals surface area contributed by atoms with Crippen LogP contribution >= 0.6 is 0 Å². The molecule has 0 unspecified atom stereocenters. The van der Waals surface area contributed by atoms with Gasteiger partial charge in [0.05, 0.1) is 0 Å². The summed E-state index contributed by atoms with van der Waals surface area (Å²) in [6.07, 6.45) is 11.3. The molecule has 1 aromatic carbocycles. The Labute approximate surface area is 122 Å². The lowest BCUT2D eigenvalue weighted by molar-refractivity contribution is 0.570. The smallest absolute Gasteiger partial charge is 0.0118 e. The van der Waals surface area contributed by atoms with Gasteiger partial charge in [-0.15, -0.1) is 0 Å². The van der Waals surface area contributed by atoms with E-state index in [9.17, 15) is 0 Å². The maximum atomic E-state index is 3.70. The van der Waals surface area contributed by atoms with Crippen LogP contribution in [0.4, 0.5) is 0 Å². The van der Waals surface area contributed by atoms with Crippen molar-refractivity contribution in [2.75, 3.05) is 0 Å². The van der Waals surface area contributed by atoms with Crippen molar-refractivity contribution in [2.24, 2.45) is 5.41 Å². The Kier molecular flexibility index (Phi) is 3.05. The van der Waals surface area contributed by atoms with Gasteiger partial charge in [0.1, 0.15) is 0 Å². The van der Waals surface area contributed by atoms with Gasteiger partial charge >= 0.3 is 0 Å². The monoisotopic (exact) mass is 261 g/mol. The largest absolute Gasteiger partial charge is 0.0801 e. The minimum absolute atomic E-state index is 0.0504. The van der Waals surface area contributed by atoms with Crippen LogP contribution in [0.15, 0.2) is 53.6 Å². The van der Waals surface area contributed by atoms with Gasteiger partial charge in [-0.1, -0.05) is 61.9 Å². The molecule has 0 spiro atoms. The molecular formula is C20H21. The maximum absolute atomic E-state index is 3.70. The van der Waals surface area contributed by atoms with Crippen LogP contribution in [0.2, 0.25) is 0 Å². The Morgan fingerprint density at radius 1 is 1.05 bits per heavy atom. The van der Waals surface area contributed by atoms with Gasteiger partial charge in [-0.2, -0.15) is 0 Å². The second-order valence-electron chi connectivity index (χ2n) is 6.24. The van der Waals surface area contributed by atoms with Crippen molar-refractivity contribution in [3.05, 3.63) is 70.8 Å². The summed E-state index contributed by atoms with van der Waals surface area (Å²) in [6, 6.07) is 8.72. The van der Waals surface area contributed by atoms with E-state index < -0.39 is 0 Å². The lowest BCUT2D eigenvalue weighted by atomic mass is 9.88. The molecule has 0 aliphatic heterocycles. The first-order valence-corrected chi connectivity index (χ1v) is 7.29. The van der Waals surface area contributed by atoms with E-state index in [0.717, 1.165) is 6.42 Å². The Morgan fingerprint density at radius 3 is 2.30 bits per heavy atom. The summed E-state index contributed by atoms with van der Waals surface area (Å²) in [5, 5.41) is 0. The number of allylic oxidation sites excluding steroid dienone is 8. The van der Waals surface area contributed by atoms with Crippen LogP contribution < -0.4 is 0 Å². The average molecular weight is 261 g/mol. The highest BCUT2D eigenvalue weighted by atomic mass is 14.3. The Bertz CT molecular complexity index is 676. The van der Waals surface area contributed by atoms with E-state index in [4.69, 9.17) is 0 Å². The molecule has 2 aliphatic rings. The molecule has 0 fully saturated rings. The van der Waals surface area contributed by atoms with Crippen molar-refractivity contribution >= 4 is 11.1 Å². The van der Waals surface area contributed by atoms with Crippen molar-refractivity contribution in [1.29, 1.82) is 0 Å². The number of hydrogen-bond donors (Lipinski definition) is 0. The summed E-state index contributed by atoms with van der Waals surface area (Å²) < 4.78 is 0. The zero-order chi connectivity index (χ0) is 14.3. The van der Waals surface area contributed by atoms with E-state index in [1.807, 2.05) is 0 Å². The molecule has 0 saturated heterocycles. The third kappa shape index (κ3) is 2.00. The average Bonchev–Trinajstić information content (AvgIpc) is 3.03. The molecule has 0 amide bonds. The molecule has 0 aromatic heterocycles. The standard InChI is InChI=1S/C20H21/c1-14-15(2)20(3,4)13-19(14)18-12-8-7-11-17(18)16-9-5-6-10-16/h5-9,11-12H,10H2,1-4H3. The Hall–Kier alpha value is -1.82. The number of rotatable bonds is 2. The van der Waals surface area contributed by atoms with E-state index in [2.05, 4.69) is 76.3 Å². The fourth-order valence-electron chi connectivity index (χ4n) is 3.05. The van der Waals surface area contributed by atoms with Crippen LogP contribution in [0.1, 0.15) is 45.2 Å². The van der Waals surface area contributed by atoms with Crippen molar-refractivity contribution in [2.45, 2.75) is 34.1 Å². The van der Waals surface area contributed by atoms with Gasteiger partial charge in [-0.3, -0.25) is 0 Å². The van der Waals surface area contributed by atoms with Gasteiger partial charge in [0, 0.05) is 5.41 Å². The van der Waals surface area contributed by atoms with E-state index in [-0.39, 0.29) is 5.41 Å². The normalized spacial score (nSPS) is 20.4. The summed E-state index contributed by atoms with van der Waals surface area (Å²) in [6.45, 7) is 8.95. The molecule has 0 heterocycles. The summed E-state index contributed by atoms with van der Waals surface area (Å²) in [5.74, 6) is 0. The van der Waals surface area contributed by atoms with Gasteiger partial charge in [-0.25, -0.2) is 0 Å². The summed E-state index contributed by atoms with van der Waals surface area (Å²) in [7, 11) is 0. The minimum atomic E-state index is 0.0504. The fourth-order valence-corrected chi connectivity index (χ4v) is 3.05. The van der Waals surface area contributed by atoms with E-state index in [1.54, 1.807) is 0 Å². The molecule has 2 aliphatic carbocycles. The number of hydrogen-bond acceptors (Lipinski definition) is 0. The van der Waals surface area contributed by atoms with Crippen LogP contribution in [-0.2, 0) is 0 Å². The first-order valence-electron chi connectivity index (χ1n) is 7.29. The molecule has 20 heavy (non-hydrogen) atoms. The van der Waals surface area contributed by atoms with Crippen LogP contribution in [-0.4, -0.2) is 0 Å². The highest BCUT2D eigenvalue weighted by Gasteiger charge is 2.29. The molecule has 0 atom stereocenters. The van der Waals surface area contributed by atoms with Gasteiger partial charge < -0.3 is 0 Å². The first-order chi connectivity index (χ1) is 9.50. The van der Waals surface area contributed by atoms with Crippen LogP contribution in [0.3, 0.4) is 0 Å². The quantitative estimate of drug-likeness (QED) is 0.650. The van der Waals surface area contributed by atoms with E-state index in [0.29, 0.717) is 0 Å². The molecular weight excluding hydrogens is 240 g/mol. The van der Waals surface area contributed by atoms with Gasteiger partial charge in [0.25, 0.3) is 0 Å². The minimum Gasteiger partial charge on any atom is -0.0801 e. The van der Waals surface area contributed by atoms with E-state index >= 15 is 0 Å². The predicted molar refractivity (Wildman–Crippen MR) is 87.0 cm³/mol. The lowest BCUT2D eigenvalue weighted by Crippen LogP contribution is -2.06. The number of benzene rings is 1. The molecule has 0 nitrogen and oxygen atoms in total. The zero-order valence-electron chi connectivity index (χ0n) is 12.7. The zero-order valence-corrected chi connectivity index (χ0v) is 12.7. The molecule has 0 saturated carbocycles. The maximum Gasteiger partial charge on any atom is 0.0118 e. The van der Waals surface area contributed by atoms with Crippen LogP contribution in [0.5, 0.6) is 0 Å². The second-order valence-corrected chi connectivity index (χ2v) is 6.24. The third-order valence-electron chi connectivity index (χ3n) is 4.63. The molecule has 1 radical (unpaired) electrons. The highest BCUT2D eigenvalue weighted by molar-refractivity contribution is 5.89. The molecule has 0 N–H and O–H groups in total. The van der Waals surface area contributed by atoms with E-state index in [1.165, 1.54) is 33.4 Å². The van der Waals surface area contributed by atoms with Crippen LogP contribution in [0, 0.1) is 11.5 Å². The predicted octanol–water partition coefficient (Wildman–Crippen LogP) is 5.59. The van der Waals surface area contributed by atoms with Gasteiger partial charge in [-0.05, 0) is 54.2 Å². The lowest BCUT2D eigenvalue weighted by Gasteiger charge is -2.16. The topological polar surface area (TPSA) is 0 Å². The van der Waals surface area contributed by atoms with Crippen molar-refractivity contribution in [3.63, 3.8) is 0 Å². The molecule has 3 rings (SSSR count). The Morgan fingerprint density at radius 2 is 1.75 bits per heavy atom. The molecule has 0 bridgehead atoms. The van der Waals surface area contributed by atoms with Crippen molar-refractivity contribution in [3.8, 4) is 0 Å². The molecule has 1 aromatic rings. The van der Waals surface area contributed by atoms with Gasteiger partial charge in [0.2, 0.25) is 0 Å². The van der Waals surface area contributed by atoms with Crippen LogP contribution in [0.25, 0.3) is 11.1 Å². The molecule has 101 valence electrons. The van der Waals surface area contributed by atoms with Gasteiger partial charge in [0.15, 0.2) is 0 Å². The molecule has 0 heteroatoms. The summed E-state index contributed by atoms with van der Waals surface area (Å²) in [5.41, 5.74) is 8.24.